The first-order valence-electron chi connectivity index (χ1n) is 0.928. The molecule has 0 aliphatic heterocycles. The molecule has 0 atom stereocenters. The van der Waals surface area contributed by atoms with Gasteiger partial charge in [-0.15, -0.1) is 0 Å². The summed E-state index contributed by atoms with van der Waals surface area (Å²) in [7, 11) is 0. The molecule has 0 aliphatic carbocycles. The molecule has 4 heteroatoms. The molecule has 2 nitrogen and oxygen atoms in total. The molecule has 0 aromatic heterocycles. The van der Waals surface area contributed by atoms with Gasteiger partial charge in [0.1, 0.15) is 0 Å². The minimum Gasteiger partial charge on any atom is -0.481 e. The topological polar surface area (TPSA) is 37.3 Å². The second kappa shape index (κ2) is 9.10. The monoisotopic (exact) mass is 146 g/mol. The zero-order chi connectivity index (χ0) is 3.58. The van der Waals surface area contributed by atoms with Crippen LogP contribution < -0.4 is 0 Å². The number of hydrogen-bond donors (Lipinski definition) is 1. The molecule has 0 aromatic rings. The number of hydrogen-bond acceptors (Lipinski definition) is 1. The van der Waals surface area contributed by atoms with Crippen LogP contribution in [0, 0.1) is 0 Å². The maximum absolute atomic E-state index is 9.00. The fraction of sp³-hybridized carbons (Fsp3) is 0.500. The standard InChI is InChI=1S/C2H4O2.Al.Fe.3H/c1-2(3)4;;;;;/h1H3,(H,3,4);;;;;. The number of carboxylic acid groups (broad SMARTS) is 1. The van der Waals surface area contributed by atoms with E-state index < -0.39 is 5.97 Å². The quantitative estimate of drug-likeness (QED) is 0.440. The molecular formula is C2H7AlFeO2. The van der Waals surface area contributed by atoms with Crippen LogP contribution in [-0.4, -0.2) is 28.4 Å². The van der Waals surface area contributed by atoms with Crippen molar-refractivity contribution in [3.05, 3.63) is 0 Å². The second-order valence-electron chi connectivity index (χ2n) is 0.519. The van der Waals surface area contributed by atoms with Gasteiger partial charge in [0.2, 0.25) is 0 Å². The maximum Gasteiger partial charge on any atom is 0.300 e. The van der Waals surface area contributed by atoms with E-state index in [4.69, 9.17) is 9.90 Å². The van der Waals surface area contributed by atoms with Gasteiger partial charge in [0.25, 0.3) is 5.97 Å². The minimum absolute atomic E-state index is 0. The summed E-state index contributed by atoms with van der Waals surface area (Å²) >= 11 is 0. The summed E-state index contributed by atoms with van der Waals surface area (Å²) in [4.78, 5) is 9.00. The van der Waals surface area contributed by atoms with E-state index in [0.717, 1.165) is 6.92 Å². The van der Waals surface area contributed by atoms with Gasteiger partial charge in [0.05, 0.1) is 0 Å². The Morgan fingerprint density at radius 3 is 1.67 bits per heavy atom. The van der Waals surface area contributed by atoms with Crippen molar-refractivity contribution in [1.29, 1.82) is 0 Å². The zero-order valence-corrected chi connectivity index (χ0v) is 3.81. The molecule has 0 aliphatic rings. The van der Waals surface area contributed by atoms with Crippen LogP contribution in [0.1, 0.15) is 6.92 Å². The van der Waals surface area contributed by atoms with Crippen molar-refractivity contribution < 1.29 is 27.0 Å². The van der Waals surface area contributed by atoms with Crippen molar-refractivity contribution in [1.82, 2.24) is 0 Å². The van der Waals surface area contributed by atoms with Crippen LogP contribution in [-0.2, 0) is 21.9 Å². The van der Waals surface area contributed by atoms with Crippen molar-refractivity contribution in [2.45, 2.75) is 6.92 Å². The third-order valence-electron chi connectivity index (χ3n) is 0. The van der Waals surface area contributed by atoms with Gasteiger partial charge in [-0.2, -0.15) is 0 Å². The summed E-state index contributed by atoms with van der Waals surface area (Å²) in [5, 5.41) is 7.42. The number of carbonyl (C=O) groups is 1. The van der Waals surface area contributed by atoms with Gasteiger partial charge in [-0.05, 0) is 0 Å². The van der Waals surface area contributed by atoms with Crippen molar-refractivity contribution in [3.8, 4) is 0 Å². The predicted octanol–water partition coefficient (Wildman–Crippen LogP) is -1.10. The Hall–Kier alpha value is 0.522. The summed E-state index contributed by atoms with van der Waals surface area (Å²) in [6.07, 6.45) is 0. The molecule has 0 amide bonds. The summed E-state index contributed by atoms with van der Waals surface area (Å²) < 4.78 is 0. The van der Waals surface area contributed by atoms with E-state index >= 15 is 0 Å². The molecule has 1 N–H and O–H groups in total. The van der Waals surface area contributed by atoms with E-state index in [1.165, 1.54) is 0 Å². The SMILES string of the molecule is CC(=O)O.[AlH3].[Fe]. The van der Waals surface area contributed by atoms with Crippen LogP contribution in [0.2, 0.25) is 0 Å². The average Bonchev–Trinajstić information content (AvgIpc) is 0.811. The average molecular weight is 146 g/mol. The molecule has 6 heavy (non-hydrogen) atoms. The number of carboxylic acids is 1. The van der Waals surface area contributed by atoms with Crippen molar-refractivity contribution in [2.75, 3.05) is 0 Å². The molecular weight excluding hydrogens is 139 g/mol. The molecule has 38 valence electrons. The summed E-state index contributed by atoms with van der Waals surface area (Å²) in [6.45, 7) is 1.08. The first-order chi connectivity index (χ1) is 1.73. The van der Waals surface area contributed by atoms with Crippen LogP contribution in [0.5, 0.6) is 0 Å². The molecule has 0 aromatic carbocycles. The Balaban J connectivity index is -0.0000000450. The van der Waals surface area contributed by atoms with Crippen molar-refractivity contribution in [3.63, 3.8) is 0 Å². The Kier molecular flexibility index (Phi) is 24.3. The van der Waals surface area contributed by atoms with Crippen LogP contribution in [0.25, 0.3) is 0 Å². The minimum atomic E-state index is -0.833. The molecule has 0 radical (unpaired) electrons. The van der Waals surface area contributed by atoms with E-state index in [-0.39, 0.29) is 34.4 Å². The Morgan fingerprint density at radius 2 is 1.67 bits per heavy atom. The Morgan fingerprint density at radius 1 is 1.67 bits per heavy atom. The second-order valence-corrected chi connectivity index (χ2v) is 0.519. The van der Waals surface area contributed by atoms with Crippen LogP contribution in [0.15, 0.2) is 0 Å². The molecule has 0 bridgehead atoms. The van der Waals surface area contributed by atoms with E-state index in [1.54, 1.807) is 0 Å². The van der Waals surface area contributed by atoms with Gasteiger partial charge in [-0.25, -0.2) is 0 Å². The van der Waals surface area contributed by atoms with Crippen LogP contribution >= 0.6 is 0 Å². The van der Waals surface area contributed by atoms with Crippen molar-refractivity contribution in [2.24, 2.45) is 0 Å². The van der Waals surface area contributed by atoms with Gasteiger partial charge in [0.15, 0.2) is 17.4 Å². The summed E-state index contributed by atoms with van der Waals surface area (Å²) in [5.41, 5.74) is 0. The van der Waals surface area contributed by atoms with Gasteiger partial charge in [-0.3, -0.25) is 4.79 Å². The maximum atomic E-state index is 9.00. The van der Waals surface area contributed by atoms with E-state index in [9.17, 15) is 0 Å². The summed E-state index contributed by atoms with van der Waals surface area (Å²) in [6, 6.07) is 0. The predicted molar refractivity (Wildman–Crippen MR) is 23.2 cm³/mol. The van der Waals surface area contributed by atoms with Gasteiger partial charge >= 0.3 is 0 Å². The van der Waals surface area contributed by atoms with Crippen molar-refractivity contribution >= 4 is 23.3 Å². The molecule has 0 unspecified atom stereocenters. The fourth-order valence-electron chi connectivity index (χ4n) is 0. The normalized spacial score (nSPS) is 4.17. The third kappa shape index (κ3) is 206. The molecule has 0 saturated carbocycles. The van der Waals surface area contributed by atoms with E-state index in [1.807, 2.05) is 0 Å². The molecule has 0 spiro atoms. The fourth-order valence-corrected chi connectivity index (χ4v) is 0. The molecule has 0 fully saturated rings. The van der Waals surface area contributed by atoms with Gasteiger partial charge in [0, 0.05) is 24.0 Å². The van der Waals surface area contributed by atoms with Crippen LogP contribution in [0.4, 0.5) is 0 Å². The Labute approximate surface area is 57.5 Å². The van der Waals surface area contributed by atoms with Crippen LogP contribution in [0.3, 0.4) is 0 Å². The molecule has 0 rings (SSSR count). The zero-order valence-electron chi connectivity index (χ0n) is 2.71. The first kappa shape index (κ1) is 16.0. The van der Waals surface area contributed by atoms with E-state index in [2.05, 4.69) is 0 Å². The van der Waals surface area contributed by atoms with Gasteiger partial charge < -0.3 is 5.11 Å². The Bertz CT molecular complexity index is 34.5. The first-order valence-corrected chi connectivity index (χ1v) is 0.928. The third-order valence-corrected chi connectivity index (χ3v) is 0. The van der Waals surface area contributed by atoms with E-state index in [0.29, 0.717) is 0 Å². The number of aliphatic carboxylic acids is 1. The largest absolute Gasteiger partial charge is 0.481 e. The summed E-state index contributed by atoms with van der Waals surface area (Å²) in [5.74, 6) is -0.833. The smallest absolute Gasteiger partial charge is 0.300 e. The molecule has 0 heterocycles. The molecule has 0 saturated heterocycles. The number of rotatable bonds is 0. The van der Waals surface area contributed by atoms with Gasteiger partial charge in [-0.1, -0.05) is 0 Å².